The van der Waals surface area contributed by atoms with E-state index in [1.807, 2.05) is 6.07 Å². The number of ether oxygens (including phenoxy) is 1. The molecule has 0 aromatic heterocycles. The molecule has 1 aromatic carbocycles. The van der Waals surface area contributed by atoms with Crippen LogP contribution in [0.25, 0.3) is 0 Å². The van der Waals surface area contributed by atoms with Crippen molar-refractivity contribution in [1.82, 2.24) is 4.90 Å². The summed E-state index contributed by atoms with van der Waals surface area (Å²) in [7, 11) is 1.32. The summed E-state index contributed by atoms with van der Waals surface area (Å²) >= 11 is 0. The third-order valence-corrected chi connectivity index (χ3v) is 4.91. The summed E-state index contributed by atoms with van der Waals surface area (Å²) in [5.41, 5.74) is 1.42. The standard InChI is InChI=1S/C20H24N4O2/c1-4-18(19(25)26-3)22-20(21-5-2)24-13-15-11-23(12-16(15)14-24)17-9-7-6-8-10-17/h4-10,15-16H,1-2,11-14H2,3H3/b21-20+,22-18+. The second-order valence-corrected chi connectivity index (χ2v) is 6.47. The smallest absolute Gasteiger partial charge is 0.356 e. The Morgan fingerprint density at radius 2 is 1.81 bits per heavy atom. The predicted octanol–water partition coefficient (Wildman–Crippen LogP) is 2.35. The van der Waals surface area contributed by atoms with E-state index in [0.29, 0.717) is 17.8 Å². The van der Waals surface area contributed by atoms with Crippen molar-refractivity contribution in [3.63, 3.8) is 0 Å². The van der Waals surface area contributed by atoms with Gasteiger partial charge in [0.1, 0.15) is 0 Å². The van der Waals surface area contributed by atoms with Crippen molar-refractivity contribution in [2.24, 2.45) is 21.8 Å². The number of aliphatic imine (C=N–C) groups is 2. The average molecular weight is 352 g/mol. The van der Waals surface area contributed by atoms with Crippen LogP contribution in [0.4, 0.5) is 5.69 Å². The van der Waals surface area contributed by atoms with Gasteiger partial charge >= 0.3 is 5.97 Å². The van der Waals surface area contributed by atoms with E-state index >= 15 is 0 Å². The lowest BCUT2D eigenvalue weighted by molar-refractivity contribution is -0.132. The Labute approximate surface area is 154 Å². The third-order valence-electron chi connectivity index (χ3n) is 4.91. The maximum atomic E-state index is 11.8. The number of anilines is 1. The molecule has 1 aromatic rings. The zero-order valence-electron chi connectivity index (χ0n) is 15.0. The number of benzene rings is 1. The first kappa shape index (κ1) is 17.9. The van der Waals surface area contributed by atoms with Gasteiger partial charge in [-0.25, -0.2) is 14.8 Å². The van der Waals surface area contributed by atoms with Crippen LogP contribution in [0, 0.1) is 11.8 Å². The number of guanidine groups is 1. The fraction of sp³-hybridized carbons (Fsp3) is 0.350. The Morgan fingerprint density at radius 1 is 1.15 bits per heavy atom. The minimum atomic E-state index is -0.522. The number of para-hydroxylation sites is 1. The zero-order chi connectivity index (χ0) is 18.5. The number of hydrogen-bond acceptors (Lipinski definition) is 4. The van der Waals surface area contributed by atoms with Crippen LogP contribution in [-0.4, -0.2) is 55.8 Å². The van der Waals surface area contributed by atoms with Crippen molar-refractivity contribution in [3.8, 4) is 0 Å². The summed E-state index contributed by atoms with van der Waals surface area (Å²) < 4.78 is 4.74. The molecule has 3 rings (SSSR count). The van der Waals surface area contributed by atoms with Gasteiger partial charge < -0.3 is 14.5 Å². The molecule has 26 heavy (non-hydrogen) atoms. The molecule has 0 amide bonds. The van der Waals surface area contributed by atoms with Gasteiger partial charge in [-0.05, 0) is 18.2 Å². The van der Waals surface area contributed by atoms with E-state index in [2.05, 4.69) is 57.2 Å². The lowest BCUT2D eigenvalue weighted by atomic mass is 10.0. The number of likely N-dealkylation sites (tertiary alicyclic amines) is 1. The van der Waals surface area contributed by atoms with Crippen molar-refractivity contribution >= 4 is 23.3 Å². The molecule has 2 aliphatic rings. The minimum Gasteiger partial charge on any atom is -0.464 e. The maximum Gasteiger partial charge on any atom is 0.356 e. The Morgan fingerprint density at radius 3 is 2.35 bits per heavy atom. The number of carbonyl (C=O) groups is 1. The molecule has 2 atom stereocenters. The second kappa shape index (κ2) is 7.99. The van der Waals surface area contributed by atoms with Crippen molar-refractivity contribution in [2.45, 2.75) is 0 Å². The van der Waals surface area contributed by atoms with Gasteiger partial charge in [-0.3, -0.25) is 0 Å². The molecule has 6 nitrogen and oxygen atoms in total. The van der Waals surface area contributed by atoms with E-state index in [1.54, 1.807) is 0 Å². The molecule has 2 aliphatic heterocycles. The first-order chi connectivity index (χ1) is 12.7. The van der Waals surface area contributed by atoms with Gasteiger partial charge in [0.05, 0.1) is 7.11 Å². The first-order valence-electron chi connectivity index (χ1n) is 8.69. The molecule has 2 saturated heterocycles. The average Bonchev–Trinajstić information content (AvgIpc) is 3.24. The summed E-state index contributed by atoms with van der Waals surface area (Å²) in [6, 6.07) is 10.5. The Balaban J connectivity index is 1.71. The van der Waals surface area contributed by atoms with Crippen LogP contribution in [0.15, 0.2) is 65.8 Å². The van der Waals surface area contributed by atoms with Gasteiger partial charge in [0.25, 0.3) is 0 Å². The second-order valence-electron chi connectivity index (χ2n) is 6.47. The van der Waals surface area contributed by atoms with Crippen LogP contribution in [0.3, 0.4) is 0 Å². The normalized spacial score (nSPS) is 23.0. The molecule has 0 bridgehead atoms. The number of nitrogens with zero attached hydrogens (tertiary/aromatic N) is 4. The molecular formula is C20H24N4O2. The van der Waals surface area contributed by atoms with Gasteiger partial charge in [0.15, 0.2) is 5.71 Å². The Kier molecular flexibility index (Phi) is 5.51. The molecule has 2 unspecified atom stereocenters. The van der Waals surface area contributed by atoms with Crippen molar-refractivity contribution in [3.05, 3.63) is 55.8 Å². The van der Waals surface area contributed by atoms with Gasteiger partial charge in [0.2, 0.25) is 5.96 Å². The monoisotopic (exact) mass is 352 g/mol. The maximum absolute atomic E-state index is 11.8. The summed E-state index contributed by atoms with van der Waals surface area (Å²) in [5.74, 6) is 1.06. The summed E-state index contributed by atoms with van der Waals surface area (Å²) in [4.78, 5) is 24.9. The third kappa shape index (κ3) is 3.69. The van der Waals surface area contributed by atoms with E-state index in [0.717, 1.165) is 26.2 Å². The van der Waals surface area contributed by atoms with Crippen molar-refractivity contribution in [2.75, 3.05) is 38.2 Å². The molecule has 2 heterocycles. The van der Waals surface area contributed by atoms with Gasteiger partial charge in [-0.15, -0.1) is 0 Å². The van der Waals surface area contributed by atoms with Crippen LogP contribution in [0.5, 0.6) is 0 Å². The lowest BCUT2D eigenvalue weighted by Gasteiger charge is -2.23. The molecule has 136 valence electrons. The van der Waals surface area contributed by atoms with Crippen LogP contribution >= 0.6 is 0 Å². The summed E-state index contributed by atoms with van der Waals surface area (Å²) in [6.07, 6.45) is 2.83. The highest BCUT2D eigenvalue weighted by Crippen LogP contribution is 2.34. The number of fused-ring (bicyclic) bond motifs is 1. The van der Waals surface area contributed by atoms with Gasteiger partial charge in [-0.2, -0.15) is 0 Å². The summed E-state index contributed by atoms with van der Waals surface area (Å²) in [5, 5.41) is 0. The Hall–Kier alpha value is -2.89. The van der Waals surface area contributed by atoms with E-state index < -0.39 is 5.97 Å². The molecule has 0 aliphatic carbocycles. The largest absolute Gasteiger partial charge is 0.464 e. The van der Waals surface area contributed by atoms with E-state index in [1.165, 1.54) is 25.1 Å². The van der Waals surface area contributed by atoms with Crippen LogP contribution in [0.2, 0.25) is 0 Å². The first-order valence-corrected chi connectivity index (χ1v) is 8.69. The van der Waals surface area contributed by atoms with E-state index in [-0.39, 0.29) is 5.71 Å². The molecule has 0 saturated carbocycles. The zero-order valence-corrected chi connectivity index (χ0v) is 15.0. The molecular weight excluding hydrogens is 328 g/mol. The number of carbonyl (C=O) groups excluding carboxylic acids is 1. The quantitative estimate of drug-likeness (QED) is 0.474. The highest BCUT2D eigenvalue weighted by Gasteiger charge is 2.41. The molecule has 0 radical (unpaired) electrons. The number of rotatable bonds is 4. The highest BCUT2D eigenvalue weighted by molar-refractivity contribution is 6.42. The SMILES string of the molecule is C=C/N=C(\N=C(/C=C)C(=O)OC)N1CC2CN(c3ccccc3)CC2C1. The molecule has 0 N–H and O–H groups in total. The fourth-order valence-corrected chi connectivity index (χ4v) is 3.66. The minimum absolute atomic E-state index is 0.149. The van der Waals surface area contributed by atoms with E-state index in [4.69, 9.17) is 4.74 Å². The topological polar surface area (TPSA) is 57.5 Å². The number of hydrogen-bond donors (Lipinski definition) is 0. The van der Waals surface area contributed by atoms with Gasteiger partial charge in [0, 0.05) is 49.9 Å². The van der Waals surface area contributed by atoms with Crippen molar-refractivity contribution < 1.29 is 9.53 Å². The number of esters is 1. The highest BCUT2D eigenvalue weighted by atomic mass is 16.5. The Bertz CT molecular complexity index is 727. The van der Waals surface area contributed by atoms with Crippen LogP contribution in [0.1, 0.15) is 0 Å². The van der Waals surface area contributed by atoms with E-state index in [9.17, 15) is 4.79 Å². The fourth-order valence-electron chi connectivity index (χ4n) is 3.66. The number of methoxy groups -OCH3 is 1. The lowest BCUT2D eigenvalue weighted by Crippen LogP contribution is -2.33. The van der Waals surface area contributed by atoms with Gasteiger partial charge in [-0.1, -0.05) is 31.4 Å². The molecule has 2 fully saturated rings. The predicted molar refractivity (Wildman–Crippen MR) is 104 cm³/mol. The van der Waals surface area contributed by atoms with Crippen LogP contribution in [-0.2, 0) is 9.53 Å². The molecule has 0 spiro atoms. The molecule has 6 heteroatoms. The summed E-state index contributed by atoms with van der Waals surface area (Å²) in [6.45, 7) is 11.0. The van der Waals surface area contributed by atoms with Crippen molar-refractivity contribution in [1.29, 1.82) is 0 Å². The van der Waals surface area contributed by atoms with Crippen LogP contribution < -0.4 is 4.90 Å².